The van der Waals surface area contributed by atoms with E-state index < -0.39 is 0 Å². The number of para-hydroxylation sites is 1. The second-order valence-electron chi connectivity index (χ2n) is 4.17. The van der Waals surface area contributed by atoms with Crippen LogP contribution in [0.5, 0.6) is 5.75 Å². The summed E-state index contributed by atoms with van der Waals surface area (Å²) >= 11 is 0. The van der Waals surface area contributed by atoms with E-state index in [2.05, 4.69) is 0 Å². The molecule has 2 atom stereocenters. The van der Waals surface area contributed by atoms with Crippen LogP contribution >= 0.6 is 0 Å². The first kappa shape index (κ1) is 10.5. The number of hydrogen-bond donors (Lipinski definition) is 1. The second-order valence-corrected chi connectivity index (χ2v) is 4.17. The molecule has 0 spiro atoms. The molecular formula is C13H18O2. The SMILES string of the molecule is O[C@H]1CCCCC[C@H]1Oc1ccccc1. The first-order chi connectivity index (χ1) is 7.36. The first-order valence-electron chi connectivity index (χ1n) is 5.76. The predicted molar refractivity (Wildman–Crippen MR) is 59.9 cm³/mol. The van der Waals surface area contributed by atoms with Crippen LogP contribution in [0, 0.1) is 0 Å². The summed E-state index contributed by atoms with van der Waals surface area (Å²) in [6, 6.07) is 9.77. The molecule has 1 aliphatic carbocycles. The maximum atomic E-state index is 9.89. The lowest BCUT2D eigenvalue weighted by atomic mass is 10.1. The number of aliphatic hydroxyl groups excluding tert-OH is 1. The standard InChI is InChI=1S/C13H18O2/c14-12-9-5-2-6-10-13(12)15-11-7-3-1-4-8-11/h1,3-4,7-8,12-14H,2,5-6,9-10H2/t12-,13+/m0/s1. The molecule has 1 aromatic carbocycles. The fourth-order valence-electron chi connectivity index (χ4n) is 2.07. The molecule has 2 heteroatoms. The third-order valence-corrected chi connectivity index (χ3v) is 2.95. The van der Waals surface area contributed by atoms with Crippen LogP contribution in [-0.4, -0.2) is 17.3 Å². The van der Waals surface area contributed by atoms with E-state index in [9.17, 15) is 5.11 Å². The van der Waals surface area contributed by atoms with Gasteiger partial charge in [0.25, 0.3) is 0 Å². The largest absolute Gasteiger partial charge is 0.488 e. The van der Waals surface area contributed by atoms with E-state index in [1.807, 2.05) is 30.3 Å². The number of aliphatic hydroxyl groups is 1. The van der Waals surface area contributed by atoms with Crippen molar-refractivity contribution >= 4 is 0 Å². The Labute approximate surface area is 90.9 Å². The maximum absolute atomic E-state index is 9.89. The van der Waals surface area contributed by atoms with Gasteiger partial charge in [0.05, 0.1) is 6.10 Å². The summed E-state index contributed by atoms with van der Waals surface area (Å²) in [5.41, 5.74) is 0. The molecule has 0 saturated heterocycles. The zero-order chi connectivity index (χ0) is 10.5. The molecule has 1 N–H and O–H groups in total. The van der Waals surface area contributed by atoms with Crippen molar-refractivity contribution < 1.29 is 9.84 Å². The monoisotopic (exact) mass is 206 g/mol. The minimum Gasteiger partial charge on any atom is -0.488 e. The van der Waals surface area contributed by atoms with Gasteiger partial charge in [-0.05, 0) is 31.4 Å². The van der Waals surface area contributed by atoms with Gasteiger partial charge in [-0.25, -0.2) is 0 Å². The van der Waals surface area contributed by atoms with E-state index in [1.165, 1.54) is 6.42 Å². The van der Waals surface area contributed by atoms with Crippen LogP contribution in [0.1, 0.15) is 32.1 Å². The molecule has 15 heavy (non-hydrogen) atoms. The molecule has 0 aliphatic heterocycles. The highest BCUT2D eigenvalue weighted by atomic mass is 16.5. The number of benzene rings is 1. The van der Waals surface area contributed by atoms with Crippen LogP contribution in [0.2, 0.25) is 0 Å². The van der Waals surface area contributed by atoms with Crippen molar-refractivity contribution in [1.29, 1.82) is 0 Å². The van der Waals surface area contributed by atoms with Crippen molar-refractivity contribution in [1.82, 2.24) is 0 Å². The fourth-order valence-corrected chi connectivity index (χ4v) is 2.07. The summed E-state index contributed by atoms with van der Waals surface area (Å²) in [6.07, 6.45) is 5.02. The van der Waals surface area contributed by atoms with Gasteiger partial charge in [0.1, 0.15) is 11.9 Å². The molecule has 0 unspecified atom stereocenters. The number of hydrogen-bond acceptors (Lipinski definition) is 2. The lowest BCUT2D eigenvalue weighted by Gasteiger charge is -2.21. The van der Waals surface area contributed by atoms with Crippen LogP contribution in [0.15, 0.2) is 30.3 Å². The Hall–Kier alpha value is -1.02. The van der Waals surface area contributed by atoms with Gasteiger partial charge < -0.3 is 9.84 Å². The van der Waals surface area contributed by atoms with Crippen molar-refractivity contribution in [3.05, 3.63) is 30.3 Å². The Bertz CT molecular complexity index is 284. The Morgan fingerprint density at radius 1 is 1.00 bits per heavy atom. The van der Waals surface area contributed by atoms with Gasteiger partial charge in [-0.1, -0.05) is 31.0 Å². The van der Waals surface area contributed by atoms with E-state index in [1.54, 1.807) is 0 Å². The highest BCUT2D eigenvalue weighted by molar-refractivity contribution is 5.21. The van der Waals surface area contributed by atoms with Gasteiger partial charge in [-0.15, -0.1) is 0 Å². The molecular weight excluding hydrogens is 188 g/mol. The van der Waals surface area contributed by atoms with Crippen molar-refractivity contribution in [2.45, 2.75) is 44.3 Å². The molecule has 1 aliphatic rings. The average molecular weight is 206 g/mol. The maximum Gasteiger partial charge on any atom is 0.124 e. The second kappa shape index (κ2) is 5.17. The summed E-state index contributed by atoms with van der Waals surface area (Å²) in [4.78, 5) is 0. The van der Waals surface area contributed by atoms with Crippen molar-refractivity contribution in [3.8, 4) is 5.75 Å². The molecule has 0 heterocycles. The van der Waals surface area contributed by atoms with Crippen LogP contribution in [0.3, 0.4) is 0 Å². The summed E-state index contributed by atoms with van der Waals surface area (Å²) in [5, 5.41) is 9.89. The van der Waals surface area contributed by atoms with Crippen molar-refractivity contribution in [2.75, 3.05) is 0 Å². The van der Waals surface area contributed by atoms with Gasteiger partial charge in [0, 0.05) is 0 Å². The quantitative estimate of drug-likeness (QED) is 0.754. The van der Waals surface area contributed by atoms with Gasteiger partial charge >= 0.3 is 0 Å². The van der Waals surface area contributed by atoms with Crippen LogP contribution in [-0.2, 0) is 0 Å². The Kier molecular flexibility index (Phi) is 3.62. The van der Waals surface area contributed by atoms with E-state index in [0.717, 1.165) is 31.4 Å². The van der Waals surface area contributed by atoms with Gasteiger partial charge in [0.2, 0.25) is 0 Å². The fraction of sp³-hybridized carbons (Fsp3) is 0.538. The van der Waals surface area contributed by atoms with Gasteiger partial charge in [-0.2, -0.15) is 0 Å². The molecule has 0 radical (unpaired) electrons. The molecule has 2 nitrogen and oxygen atoms in total. The Balaban J connectivity index is 1.97. The third kappa shape index (κ3) is 2.96. The summed E-state index contributed by atoms with van der Waals surface area (Å²) in [6.45, 7) is 0. The summed E-state index contributed by atoms with van der Waals surface area (Å²) in [5.74, 6) is 0.864. The molecule has 2 rings (SSSR count). The highest BCUT2D eigenvalue weighted by Gasteiger charge is 2.22. The van der Waals surface area contributed by atoms with Crippen LogP contribution in [0.25, 0.3) is 0 Å². The molecule has 0 bridgehead atoms. The lowest BCUT2D eigenvalue weighted by Crippen LogP contribution is -2.30. The third-order valence-electron chi connectivity index (χ3n) is 2.95. The first-order valence-corrected chi connectivity index (χ1v) is 5.76. The minimum absolute atomic E-state index is 0.0186. The molecule has 1 saturated carbocycles. The zero-order valence-electron chi connectivity index (χ0n) is 8.93. The highest BCUT2D eigenvalue weighted by Crippen LogP contribution is 2.22. The molecule has 0 aromatic heterocycles. The molecule has 1 aromatic rings. The van der Waals surface area contributed by atoms with Crippen LogP contribution in [0.4, 0.5) is 0 Å². The minimum atomic E-state index is -0.298. The molecule has 0 amide bonds. The zero-order valence-corrected chi connectivity index (χ0v) is 8.93. The van der Waals surface area contributed by atoms with Crippen LogP contribution < -0.4 is 4.74 Å². The Morgan fingerprint density at radius 2 is 1.73 bits per heavy atom. The molecule has 1 fully saturated rings. The Morgan fingerprint density at radius 3 is 2.53 bits per heavy atom. The van der Waals surface area contributed by atoms with Gasteiger partial charge in [0.15, 0.2) is 0 Å². The van der Waals surface area contributed by atoms with E-state index in [0.29, 0.717) is 0 Å². The van der Waals surface area contributed by atoms with Crippen molar-refractivity contribution in [2.24, 2.45) is 0 Å². The number of rotatable bonds is 2. The lowest BCUT2D eigenvalue weighted by molar-refractivity contribution is 0.0320. The summed E-state index contributed by atoms with van der Waals surface area (Å²) < 4.78 is 5.80. The average Bonchev–Trinajstić information content (AvgIpc) is 2.46. The normalized spacial score (nSPS) is 27.0. The predicted octanol–water partition coefficient (Wildman–Crippen LogP) is 2.76. The van der Waals surface area contributed by atoms with E-state index in [-0.39, 0.29) is 12.2 Å². The smallest absolute Gasteiger partial charge is 0.124 e. The number of ether oxygens (including phenoxy) is 1. The van der Waals surface area contributed by atoms with E-state index >= 15 is 0 Å². The van der Waals surface area contributed by atoms with E-state index in [4.69, 9.17) is 4.74 Å². The van der Waals surface area contributed by atoms with Gasteiger partial charge in [-0.3, -0.25) is 0 Å². The summed E-state index contributed by atoms with van der Waals surface area (Å²) in [7, 11) is 0. The molecule has 82 valence electrons. The van der Waals surface area contributed by atoms with Crippen molar-refractivity contribution in [3.63, 3.8) is 0 Å². The topological polar surface area (TPSA) is 29.5 Å².